The van der Waals surface area contributed by atoms with Gasteiger partial charge in [0.25, 0.3) is 0 Å². The molecule has 0 fully saturated rings. The van der Waals surface area contributed by atoms with Crippen LogP contribution in [0.2, 0.25) is 0 Å². The highest BCUT2D eigenvalue weighted by Crippen LogP contribution is 2.18. The highest BCUT2D eigenvalue weighted by atomic mass is 79.9. The zero-order valence-corrected chi connectivity index (χ0v) is 14.6. The Bertz CT molecular complexity index is 810. The van der Waals surface area contributed by atoms with Gasteiger partial charge in [0.15, 0.2) is 0 Å². The number of benzene rings is 2. The summed E-state index contributed by atoms with van der Waals surface area (Å²) >= 11 is 3.23. The minimum absolute atomic E-state index is 0.0850. The van der Waals surface area contributed by atoms with E-state index in [0.717, 1.165) is 14.8 Å². The summed E-state index contributed by atoms with van der Waals surface area (Å²) in [5.74, 6) is -1.04. The third-order valence-corrected chi connectivity index (χ3v) is 5.34. The van der Waals surface area contributed by atoms with Crippen molar-refractivity contribution in [2.75, 3.05) is 18.9 Å². The summed E-state index contributed by atoms with van der Waals surface area (Å²) in [5.41, 5.74) is 0.268. The monoisotopic (exact) mass is 400 g/mol. The molecule has 8 heteroatoms. The van der Waals surface area contributed by atoms with Crippen LogP contribution in [0.1, 0.15) is 0 Å². The molecule has 0 aromatic heterocycles. The van der Waals surface area contributed by atoms with Crippen molar-refractivity contribution in [3.63, 3.8) is 0 Å². The fourth-order valence-electron chi connectivity index (χ4n) is 1.84. The molecule has 1 amide bonds. The van der Waals surface area contributed by atoms with Gasteiger partial charge in [-0.1, -0.05) is 22.0 Å². The molecule has 0 atom stereocenters. The first-order valence-electron chi connectivity index (χ1n) is 6.56. The Morgan fingerprint density at radius 1 is 1.22 bits per heavy atom. The minimum Gasteiger partial charge on any atom is -0.325 e. The maximum Gasteiger partial charge on any atom is 0.243 e. The van der Waals surface area contributed by atoms with E-state index in [1.807, 2.05) is 0 Å². The van der Waals surface area contributed by atoms with E-state index in [1.54, 1.807) is 12.1 Å². The van der Waals surface area contributed by atoms with E-state index >= 15 is 0 Å². The van der Waals surface area contributed by atoms with Crippen LogP contribution in [-0.4, -0.2) is 32.2 Å². The Kier molecular flexibility index (Phi) is 5.51. The van der Waals surface area contributed by atoms with Crippen molar-refractivity contribution in [2.45, 2.75) is 4.90 Å². The molecular weight excluding hydrogens is 387 g/mol. The lowest BCUT2D eigenvalue weighted by Crippen LogP contribution is -2.34. The number of rotatable bonds is 5. The van der Waals surface area contributed by atoms with Gasteiger partial charge in [0, 0.05) is 17.2 Å². The molecule has 0 radical (unpaired) electrons. The lowest BCUT2D eigenvalue weighted by molar-refractivity contribution is -0.116. The molecule has 0 unspecified atom stereocenters. The summed E-state index contributed by atoms with van der Waals surface area (Å²) < 4.78 is 39.5. The smallest absolute Gasteiger partial charge is 0.243 e. The average Bonchev–Trinajstić information content (AvgIpc) is 2.47. The second kappa shape index (κ2) is 7.20. The summed E-state index contributed by atoms with van der Waals surface area (Å²) in [6.07, 6.45) is 0. The summed E-state index contributed by atoms with van der Waals surface area (Å²) in [7, 11) is -2.47. The SMILES string of the molecule is CN(CC(=O)Nc1cccc(F)c1)S(=O)(=O)c1ccc(Br)cc1. The predicted molar refractivity (Wildman–Crippen MR) is 89.0 cm³/mol. The van der Waals surface area contributed by atoms with Gasteiger partial charge in [-0.3, -0.25) is 4.79 Å². The topological polar surface area (TPSA) is 66.5 Å². The Morgan fingerprint density at radius 2 is 1.87 bits per heavy atom. The Labute approximate surface area is 142 Å². The first kappa shape index (κ1) is 17.6. The first-order valence-corrected chi connectivity index (χ1v) is 8.79. The Balaban J connectivity index is 2.06. The van der Waals surface area contributed by atoms with Gasteiger partial charge in [0.1, 0.15) is 5.82 Å². The number of nitrogens with zero attached hydrogens (tertiary/aromatic N) is 1. The summed E-state index contributed by atoms with van der Waals surface area (Å²) in [6, 6.07) is 11.5. The number of carbonyl (C=O) groups is 1. The molecular formula is C15H14BrFN2O3S. The highest BCUT2D eigenvalue weighted by Gasteiger charge is 2.22. The zero-order chi connectivity index (χ0) is 17.0. The van der Waals surface area contributed by atoms with Gasteiger partial charge in [0.2, 0.25) is 15.9 Å². The maximum absolute atomic E-state index is 13.1. The normalized spacial score (nSPS) is 11.5. The Hall–Kier alpha value is -1.77. The molecule has 23 heavy (non-hydrogen) atoms. The van der Waals surface area contributed by atoms with Crippen molar-refractivity contribution in [3.05, 3.63) is 58.8 Å². The summed E-state index contributed by atoms with van der Waals surface area (Å²) in [4.78, 5) is 12.0. The molecule has 0 bridgehead atoms. The van der Waals surface area contributed by atoms with Crippen molar-refractivity contribution in [1.82, 2.24) is 4.31 Å². The van der Waals surface area contributed by atoms with Gasteiger partial charge in [-0.2, -0.15) is 4.31 Å². The van der Waals surface area contributed by atoms with E-state index in [4.69, 9.17) is 0 Å². The van der Waals surface area contributed by atoms with E-state index in [1.165, 1.54) is 37.4 Å². The molecule has 122 valence electrons. The molecule has 0 aliphatic heterocycles. The highest BCUT2D eigenvalue weighted by molar-refractivity contribution is 9.10. The largest absolute Gasteiger partial charge is 0.325 e. The minimum atomic E-state index is -3.77. The van der Waals surface area contributed by atoms with E-state index in [9.17, 15) is 17.6 Å². The second-order valence-electron chi connectivity index (χ2n) is 4.77. The summed E-state index contributed by atoms with van der Waals surface area (Å²) in [6.45, 7) is -0.380. The number of anilines is 1. The van der Waals surface area contributed by atoms with Crippen molar-refractivity contribution in [1.29, 1.82) is 0 Å². The second-order valence-corrected chi connectivity index (χ2v) is 7.73. The lowest BCUT2D eigenvalue weighted by Gasteiger charge is -2.17. The molecule has 5 nitrogen and oxygen atoms in total. The number of nitrogens with one attached hydrogen (secondary N) is 1. The number of sulfonamides is 1. The third-order valence-electron chi connectivity index (χ3n) is 3.00. The molecule has 0 heterocycles. The molecule has 2 aromatic rings. The van der Waals surface area contributed by atoms with Crippen LogP contribution in [0.25, 0.3) is 0 Å². The quantitative estimate of drug-likeness (QED) is 0.838. The van der Waals surface area contributed by atoms with E-state index < -0.39 is 21.7 Å². The van der Waals surface area contributed by atoms with Crippen LogP contribution in [0, 0.1) is 5.82 Å². The molecule has 2 rings (SSSR count). The van der Waals surface area contributed by atoms with Crippen LogP contribution in [0.3, 0.4) is 0 Å². The fourth-order valence-corrected chi connectivity index (χ4v) is 3.23. The standard InChI is InChI=1S/C15H14BrFN2O3S/c1-19(23(21,22)14-7-5-11(16)6-8-14)10-15(20)18-13-4-2-3-12(17)9-13/h2-9H,10H2,1H3,(H,18,20). The molecule has 2 aromatic carbocycles. The summed E-state index contributed by atoms with van der Waals surface area (Å²) in [5, 5.41) is 2.45. The van der Waals surface area contributed by atoms with Crippen LogP contribution in [0.4, 0.5) is 10.1 Å². The van der Waals surface area contributed by atoms with Crippen LogP contribution in [-0.2, 0) is 14.8 Å². The maximum atomic E-state index is 13.1. The number of halogens is 2. The molecule has 0 saturated carbocycles. The van der Waals surface area contributed by atoms with E-state index in [0.29, 0.717) is 0 Å². The molecule has 0 aliphatic carbocycles. The number of likely N-dealkylation sites (N-methyl/N-ethyl adjacent to an activating group) is 1. The van der Waals surface area contributed by atoms with Crippen LogP contribution < -0.4 is 5.32 Å². The number of hydrogen-bond donors (Lipinski definition) is 1. The predicted octanol–water partition coefficient (Wildman–Crippen LogP) is 2.85. The van der Waals surface area contributed by atoms with Gasteiger partial charge in [0.05, 0.1) is 11.4 Å². The van der Waals surface area contributed by atoms with Crippen LogP contribution >= 0.6 is 15.9 Å². The number of carbonyl (C=O) groups excluding carboxylic acids is 1. The molecule has 0 saturated heterocycles. The lowest BCUT2D eigenvalue weighted by atomic mass is 10.3. The van der Waals surface area contributed by atoms with Gasteiger partial charge >= 0.3 is 0 Å². The van der Waals surface area contributed by atoms with Gasteiger partial charge in [-0.05, 0) is 42.5 Å². The third kappa shape index (κ3) is 4.60. The van der Waals surface area contributed by atoms with E-state index in [2.05, 4.69) is 21.2 Å². The van der Waals surface area contributed by atoms with Gasteiger partial charge in [-0.15, -0.1) is 0 Å². The average molecular weight is 401 g/mol. The van der Waals surface area contributed by atoms with Gasteiger partial charge in [-0.25, -0.2) is 12.8 Å². The Morgan fingerprint density at radius 3 is 2.48 bits per heavy atom. The fraction of sp³-hybridized carbons (Fsp3) is 0.133. The van der Waals surface area contributed by atoms with Crippen LogP contribution in [0.5, 0.6) is 0 Å². The van der Waals surface area contributed by atoms with E-state index in [-0.39, 0.29) is 17.1 Å². The van der Waals surface area contributed by atoms with Crippen molar-refractivity contribution in [3.8, 4) is 0 Å². The number of hydrogen-bond acceptors (Lipinski definition) is 3. The first-order chi connectivity index (χ1) is 10.8. The van der Waals surface area contributed by atoms with Crippen LogP contribution in [0.15, 0.2) is 57.9 Å². The van der Waals surface area contributed by atoms with Crippen molar-refractivity contribution < 1.29 is 17.6 Å². The zero-order valence-electron chi connectivity index (χ0n) is 12.2. The van der Waals surface area contributed by atoms with Crippen molar-refractivity contribution >= 4 is 37.5 Å². The molecule has 1 N–H and O–H groups in total. The molecule has 0 spiro atoms. The number of amides is 1. The van der Waals surface area contributed by atoms with Gasteiger partial charge < -0.3 is 5.32 Å². The molecule has 0 aliphatic rings. The van der Waals surface area contributed by atoms with Crippen molar-refractivity contribution in [2.24, 2.45) is 0 Å².